The highest BCUT2D eigenvalue weighted by Gasteiger charge is 2.43. The summed E-state index contributed by atoms with van der Waals surface area (Å²) in [5.41, 5.74) is 1.77. The number of ether oxygens (including phenoxy) is 1. The van der Waals surface area contributed by atoms with Gasteiger partial charge >= 0.3 is 6.03 Å². The maximum Gasteiger partial charge on any atom is 0.317 e. The van der Waals surface area contributed by atoms with Gasteiger partial charge in [0.15, 0.2) is 0 Å². The predicted octanol–water partition coefficient (Wildman–Crippen LogP) is 6.21. The van der Waals surface area contributed by atoms with Gasteiger partial charge in [-0.15, -0.1) is 0 Å². The van der Waals surface area contributed by atoms with Gasteiger partial charge in [-0.1, -0.05) is 44.7 Å². The molecule has 5 rings (SSSR count). The number of hydrogen-bond acceptors (Lipinski definition) is 5. The van der Waals surface area contributed by atoms with Gasteiger partial charge in [-0.25, -0.2) is 13.2 Å². The number of amides is 2. The third-order valence-corrected chi connectivity index (χ3v) is 9.52. The molecule has 0 bridgehead atoms. The molecule has 1 heterocycles. The smallest absolute Gasteiger partial charge is 0.317 e. The number of nitrogens with zero attached hydrogens (tertiary/aromatic N) is 2. The van der Waals surface area contributed by atoms with E-state index < -0.39 is 10.0 Å². The van der Waals surface area contributed by atoms with Crippen molar-refractivity contribution in [3.8, 4) is 11.5 Å². The third-order valence-electron chi connectivity index (χ3n) is 8.91. The molecule has 0 radical (unpaired) electrons. The fourth-order valence-corrected chi connectivity index (χ4v) is 7.46. The molecule has 2 N–H and O–H groups in total. The number of carbonyl (C=O) groups excluding carboxylic acids is 1. The van der Waals surface area contributed by atoms with E-state index in [0.717, 1.165) is 76.7 Å². The average molecular weight is 583 g/mol. The minimum atomic E-state index is -3.30. The Bertz CT molecular complexity index is 1230. The Hall–Kier alpha value is -2.78. The first-order chi connectivity index (χ1) is 19.8. The highest BCUT2D eigenvalue weighted by Crippen LogP contribution is 2.41. The van der Waals surface area contributed by atoms with E-state index in [2.05, 4.69) is 38.9 Å². The molecule has 9 heteroatoms. The molecule has 41 heavy (non-hydrogen) atoms. The van der Waals surface area contributed by atoms with E-state index in [-0.39, 0.29) is 6.03 Å². The Labute approximate surface area is 245 Å². The number of urea groups is 1. The number of benzene rings is 2. The van der Waals surface area contributed by atoms with E-state index in [9.17, 15) is 13.2 Å². The Morgan fingerprint density at radius 1 is 0.951 bits per heavy atom. The first-order valence-electron chi connectivity index (χ1n) is 15.4. The van der Waals surface area contributed by atoms with Gasteiger partial charge in [-0.05, 0) is 85.9 Å². The van der Waals surface area contributed by atoms with Crippen LogP contribution in [0, 0.1) is 11.8 Å². The maximum atomic E-state index is 13.3. The largest absolute Gasteiger partial charge is 0.457 e. The molecule has 1 saturated heterocycles. The van der Waals surface area contributed by atoms with Crippen LogP contribution in [-0.4, -0.2) is 62.2 Å². The van der Waals surface area contributed by atoms with Crippen LogP contribution in [-0.2, 0) is 16.6 Å². The van der Waals surface area contributed by atoms with Gasteiger partial charge in [0.05, 0.1) is 6.26 Å². The Kier molecular flexibility index (Phi) is 9.75. The van der Waals surface area contributed by atoms with Crippen LogP contribution in [0.25, 0.3) is 0 Å². The number of sulfonamides is 1. The third kappa shape index (κ3) is 8.38. The summed E-state index contributed by atoms with van der Waals surface area (Å²) >= 11 is 0. The number of fused-ring (bicyclic) bond motifs is 1. The average Bonchev–Trinajstić information content (AvgIpc) is 3.50. The second kappa shape index (κ2) is 13.5. The van der Waals surface area contributed by atoms with Crippen molar-refractivity contribution in [2.24, 2.45) is 11.8 Å². The van der Waals surface area contributed by atoms with E-state index in [1.54, 1.807) is 24.3 Å². The van der Waals surface area contributed by atoms with Crippen LogP contribution in [0.5, 0.6) is 11.5 Å². The molecule has 2 aliphatic carbocycles. The van der Waals surface area contributed by atoms with Crippen LogP contribution < -0.4 is 14.8 Å². The van der Waals surface area contributed by atoms with E-state index in [0.29, 0.717) is 35.4 Å². The van der Waals surface area contributed by atoms with Gasteiger partial charge in [0.25, 0.3) is 0 Å². The SMILES string of the molecule is CCCCN(C(=O)NC1CCCCC1)C1C[C@@H]2CN(Cc3ccc(Oc4ccc(NS(C)(=O)=O)cc4)cc3)C[C@@H]2C1. The second-order valence-electron chi connectivity index (χ2n) is 12.3. The quantitative estimate of drug-likeness (QED) is 0.329. The number of nitrogens with one attached hydrogen (secondary N) is 2. The van der Waals surface area contributed by atoms with Crippen molar-refractivity contribution in [3.63, 3.8) is 0 Å². The molecule has 0 aromatic heterocycles. The molecule has 2 amide bonds. The highest BCUT2D eigenvalue weighted by molar-refractivity contribution is 7.92. The van der Waals surface area contributed by atoms with Crippen molar-refractivity contribution in [1.82, 2.24) is 15.1 Å². The highest BCUT2D eigenvalue weighted by atomic mass is 32.2. The first-order valence-corrected chi connectivity index (χ1v) is 17.3. The minimum absolute atomic E-state index is 0.177. The monoisotopic (exact) mass is 582 g/mol. The first kappa shape index (κ1) is 29.7. The number of likely N-dealkylation sites (tertiary alicyclic amines) is 1. The lowest BCUT2D eigenvalue weighted by atomic mass is 9.96. The molecule has 2 aromatic rings. The van der Waals surface area contributed by atoms with Crippen molar-refractivity contribution >= 4 is 21.7 Å². The molecule has 224 valence electrons. The molecule has 0 spiro atoms. The van der Waals surface area contributed by atoms with Crippen LogP contribution >= 0.6 is 0 Å². The number of hydrogen-bond donors (Lipinski definition) is 2. The molecular formula is C32H46N4O4S. The van der Waals surface area contributed by atoms with Crippen LogP contribution in [0.4, 0.5) is 10.5 Å². The summed E-state index contributed by atoms with van der Waals surface area (Å²) in [7, 11) is -3.30. The lowest BCUT2D eigenvalue weighted by molar-refractivity contribution is 0.160. The van der Waals surface area contributed by atoms with Gasteiger partial charge in [-0.3, -0.25) is 9.62 Å². The Balaban J connectivity index is 1.10. The van der Waals surface area contributed by atoms with Gasteiger partial charge in [0, 0.05) is 44.0 Å². The molecular weight excluding hydrogens is 536 g/mol. The summed E-state index contributed by atoms with van der Waals surface area (Å²) in [4.78, 5) is 18.1. The standard InChI is InChI=1S/C32H46N4O4S/c1-3-4-18-36(32(37)33-27-8-6-5-7-9-27)29-19-25-22-35(23-26(25)20-29)21-24-10-14-30(15-11-24)40-31-16-12-28(13-17-31)34-41(2,38)39/h10-17,25-27,29,34H,3-9,18-23H2,1-2H3,(H,33,37)/t25-,26+,29?. The number of carbonyl (C=O) groups is 1. The summed E-state index contributed by atoms with van der Waals surface area (Å²) in [5.74, 6) is 2.72. The number of anilines is 1. The Morgan fingerprint density at radius 3 is 2.15 bits per heavy atom. The number of unbranched alkanes of at least 4 members (excludes halogenated alkanes) is 1. The van der Waals surface area contributed by atoms with Gasteiger partial charge in [0.1, 0.15) is 11.5 Å². The lowest BCUT2D eigenvalue weighted by Crippen LogP contribution is -2.49. The maximum absolute atomic E-state index is 13.3. The van der Waals surface area contributed by atoms with Crippen LogP contribution in [0.15, 0.2) is 48.5 Å². The fraction of sp³-hybridized carbons (Fsp3) is 0.594. The predicted molar refractivity (Wildman–Crippen MR) is 164 cm³/mol. The summed E-state index contributed by atoms with van der Waals surface area (Å²) in [6.45, 7) is 6.19. The zero-order valence-corrected chi connectivity index (χ0v) is 25.4. The van der Waals surface area contributed by atoms with E-state index in [1.807, 2.05) is 12.1 Å². The van der Waals surface area contributed by atoms with Crippen molar-refractivity contribution in [3.05, 3.63) is 54.1 Å². The molecule has 1 unspecified atom stereocenters. The topological polar surface area (TPSA) is 91.0 Å². The molecule has 2 saturated carbocycles. The van der Waals surface area contributed by atoms with Crippen molar-refractivity contribution in [2.45, 2.75) is 83.3 Å². The van der Waals surface area contributed by atoms with Crippen molar-refractivity contribution < 1.29 is 17.9 Å². The Morgan fingerprint density at radius 2 is 1.56 bits per heavy atom. The van der Waals surface area contributed by atoms with Crippen LogP contribution in [0.1, 0.15) is 70.3 Å². The van der Waals surface area contributed by atoms with E-state index in [4.69, 9.17) is 4.74 Å². The molecule has 3 fully saturated rings. The van der Waals surface area contributed by atoms with Crippen molar-refractivity contribution in [1.29, 1.82) is 0 Å². The zero-order valence-electron chi connectivity index (χ0n) is 24.6. The van der Waals surface area contributed by atoms with Crippen LogP contribution in [0.3, 0.4) is 0 Å². The fourth-order valence-electron chi connectivity index (χ4n) is 6.89. The second-order valence-corrected chi connectivity index (χ2v) is 14.1. The molecule has 3 atom stereocenters. The van der Waals surface area contributed by atoms with Gasteiger partial charge in [0.2, 0.25) is 10.0 Å². The zero-order chi connectivity index (χ0) is 28.8. The van der Waals surface area contributed by atoms with Gasteiger partial charge in [-0.2, -0.15) is 0 Å². The summed E-state index contributed by atoms with van der Waals surface area (Å²) in [5, 5.41) is 3.38. The van der Waals surface area contributed by atoms with Crippen molar-refractivity contribution in [2.75, 3.05) is 30.6 Å². The van der Waals surface area contributed by atoms with Gasteiger partial charge < -0.3 is 15.0 Å². The van der Waals surface area contributed by atoms with Crippen LogP contribution in [0.2, 0.25) is 0 Å². The summed E-state index contributed by atoms with van der Waals surface area (Å²) < 4.78 is 31.2. The number of rotatable bonds is 11. The normalized spacial score (nSPS) is 23.2. The molecule has 1 aliphatic heterocycles. The molecule has 2 aromatic carbocycles. The lowest BCUT2D eigenvalue weighted by Gasteiger charge is -2.33. The van der Waals surface area contributed by atoms with E-state index in [1.165, 1.54) is 24.8 Å². The molecule has 8 nitrogen and oxygen atoms in total. The summed E-state index contributed by atoms with van der Waals surface area (Å²) in [6, 6.07) is 16.0. The van der Waals surface area contributed by atoms with E-state index >= 15 is 0 Å². The minimum Gasteiger partial charge on any atom is -0.457 e. The summed E-state index contributed by atoms with van der Waals surface area (Å²) in [6.07, 6.45) is 11.6. The molecule has 3 aliphatic rings.